The normalized spacial score (nSPS) is 13.8. The molecule has 0 aliphatic carbocycles. The smallest absolute Gasteiger partial charge is 0.232 e. The van der Waals surface area contributed by atoms with Crippen LogP contribution >= 0.6 is 33.4 Å². The molecule has 27 heteroatoms. The zero-order valence-electron chi connectivity index (χ0n) is 43.0. The number of hydrogen-bond donors (Lipinski definition) is 1. The first-order chi connectivity index (χ1) is 36.9. The molecular weight excluding hydrogens is 1110 g/mol. The van der Waals surface area contributed by atoms with E-state index in [9.17, 15) is 36.1 Å². The van der Waals surface area contributed by atoms with E-state index in [2.05, 4.69) is 44.9 Å². The Morgan fingerprint density at radius 1 is 0.620 bits per heavy atom. The van der Waals surface area contributed by atoms with Crippen LogP contribution in [0.5, 0.6) is 0 Å². The lowest BCUT2D eigenvalue weighted by atomic mass is 10.1. The van der Waals surface area contributed by atoms with Gasteiger partial charge in [-0.15, -0.1) is 0 Å². The number of aromatic nitrogens is 8. The lowest BCUT2D eigenvalue weighted by molar-refractivity contribution is 0.384. The predicted molar refractivity (Wildman–Crippen MR) is 312 cm³/mol. The van der Waals surface area contributed by atoms with Crippen molar-refractivity contribution in [2.45, 2.75) is 55.4 Å². The van der Waals surface area contributed by atoms with Crippen LogP contribution in [-0.2, 0) is 31.9 Å². The summed E-state index contributed by atoms with van der Waals surface area (Å²) >= 11 is 2.55. The summed E-state index contributed by atoms with van der Waals surface area (Å²) in [4.78, 5) is 28.5. The van der Waals surface area contributed by atoms with E-state index >= 15 is 0 Å². The number of piperazine rings is 2. The van der Waals surface area contributed by atoms with E-state index in [0.717, 1.165) is 72.6 Å². The molecular formula is C52H63ClF2N16O4S4. The highest BCUT2D eigenvalue weighted by atomic mass is 35.7. The van der Waals surface area contributed by atoms with Gasteiger partial charge in [0.05, 0.1) is 22.9 Å². The van der Waals surface area contributed by atoms with Crippen LogP contribution in [0.25, 0.3) is 33.8 Å². The number of anilines is 6. The number of fused-ring (bicyclic) bond motifs is 2. The molecule has 0 bridgehead atoms. The van der Waals surface area contributed by atoms with Gasteiger partial charge in [-0.1, -0.05) is 58.3 Å². The Bertz CT molecular complexity index is 3700. The van der Waals surface area contributed by atoms with Crippen molar-refractivity contribution in [3.63, 3.8) is 0 Å². The maximum atomic E-state index is 13.5. The van der Waals surface area contributed by atoms with Crippen molar-refractivity contribution < 1.29 is 25.6 Å². The van der Waals surface area contributed by atoms with Crippen molar-refractivity contribution in [1.82, 2.24) is 48.8 Å². The van der Waals surface area contributed by atoms with Gasteiger partial charge < -0.3 is 24.9 Å². The van der Waals surface area contributed by atoms with Gasteiger partial charge in [0, 0.05) is 101 Å². The molecule has 420 valence electrons. The zero-order chi connectivity index (χ0) is 55.2. The fourth-order valence-corrected chi connectivity index (χ4v) is 11.3. The number of rotatable bonds is 13. The van der Waals surface area contributed by atoms with Crippen molar-refractivity contribution in [2.24, 2.45) is 0 Å². The third-order valence-electron chi connectivity index (χ3n) is 12.7. The number of sulfonamides is 1. The van der Waals surface area contributed by atoms with Crippen LogP contribution in [0.2, 0.25) is 0 Å². The van der Waals surface area contributed by atoms with Crippen LogP contribution in [0.3, 0.4) is 0 Å². The molecule has 0 spiro atoms. The van der Waals surface area contributed by atoms with E-state index in [0.29, 0.717) is 80.8 Å². The van der Waals surface area contributed by atoms with Crippen molar-refractivity contribution in [3.8, 4) is 34.7 Å². The third kappa shape index (κ3) is 13.8. The van der Waals surface area contributed by atoms with Gasteiger partial charge in [0.25, 0.3) is 0 Å². The highest BCUT2D eigenvalue weighted by Gasteiger charge is 2.29. The number of nitriles is 2. The average molecular weight is 1180 g/mol. The van der Waals surface area contributed by atoms with Gasteiger partial charge in [-0.05, 0) is 80.4 Å². The van der Waals surface area contributed by atoms with Crippen LogP contribution in [-0.4, -0.2) is 138 Å². The van der Waals surface area contributed by atoms with Gasteiger partial charge in [-0.25, -0.2) is 54.6 Å². The standard InChI is InChI=1S/C25H27FN8O2S2.C23H23FN8S.C2H5ClO2S.2CH4/c1-4-19-23(31(3)25-29-22(20(16-27)37-25)17-6-8-18(26)9-7-17)24-28-21(10-11-34(24)30-19)32-12-14-33(15-13-32)38(35,36)5-2;1-3-17-21(22-27-19(8-11-32(22)29-17)31-12-9-26-10-13-31)30(2)23-28-20(18(14-25)33-23)15-4-6-16(24)7-5-15;1-2-6(3,4)5;;/h6-11H,4-5,12-15H2,1-3H3;4-8,11,26H,3,9-10,12-13H2,1-2H3;2H2,1H3;2*1H4. The summed E-state index contributed by atoms with van der Waals surface area (Å²) in [5, 5.41) is 33.5. The van der Waals surface area contributed by atoms with Gasteiger partial charge in [0.1, 0.15) is 67.9 Å². The van der Waals surface area contributed by atoms with E-state index in [1.165, 1.54) is 58.2 Å². The van der Waals surface area contributed by atoms with Crippen LogP contribution in [0.1, 0.15) is 63.7 Å². The van der Waals surface area contributed by atoms with E-state index in [1.54, 1.807) is 40.2 Å². The Morgan fingerprint density at radius 3 is 1.37 bits per heavy atom. The zero-order valence-corrected chi connectivity index (χ0v) is 47.0. The molecule has 10 rings (SSSR count). The highest BCUT2D eigenvalue weighted by Crippen LogP contribution is 2.40. The number of thiazole rings is 2. The summed E-state index contributed by atoms with van der Waals surface area (Å²) in [5.74, 6) is 1.09. The first-order valence-corrected chi connectivity index (χ1v) is 30.3. The first kappa shape index (κ1) is 61.3. The number of halogens is 3. The maximum absolute atomic E-state index is 13.5. The largest absolute Gasteiger partial charge is 0.354 e. The average Bonchev–Trinajstić information content (AvgIpc) is 4.36. The fraction of sp³-hybridized carbons (Fsp3) is 0.385. The Morgan fingerprint density at radius 2 is 1.01 bits per heavy atom. The summed E-state index contributed by atoms with van der Waals surface area (Å²) in [6.45, 7) is 12.8. The van der Waals surface area contributed by atoms with E-state index in [4.69, 9.17) is 30.1 Å². The molecule has 8 heterocycles. The second-order valence-corrected chi connectivity index (χ2v) is 24.7. The summed E-state index contributed by atoms with van der Waals surface area (Å²) in [7, 11) is 2.07. The second-order valence-electron chi connectivity index (χ2n) is 17.5. The molecule has 2 aliphatic rings. The Labute approximate surface area is 472 Å². The minimum atomic E-state index is -3.22. The Hall–Kier alpha value is -6.91. The molecule has 79 heavy (non-hydrogen) atoms. The molecule has 0 unspecified atom stereocenters. The Kier molecular flexibility index (Phi) is 20.5. The molecule has 8 aromatic rings. The maximum Gasteiger partial charge on any atom is 0.232 e. The molecule has 0 saturated carbocycles. The van der Waals surface area contributed by atoms with Gasteiger partial charge in [-0.3, -0.25) is 0 Å². The lowest BCUT2D eigenvalue weighted by Gasteiger charge is -2.34. The van der Waals surface area contributed by atoms with Gasteiger partial charge in [0.15, 0.2) is 21.6 Å². The van der Waals surface area contributed by atoms with Crippen LogP contribution in [0.4, 0.5) is 42.1 Å². The van der Waals surface area contributed by atoms with Gasteiger partial charge >= 0.3 is 0 Å². The monoisotopic (exact) mass is 1180 g/mol. The molecule has 2 aromatic carbocycles. The number of nitrogens with zero attached hydrogens (tertiary/aromatic N) is 15. The van der Waals surface area contributed by atoms with Crippen molar-refractivity contribution in [3.05, 3.63) is 106 Å². The second kappa shape index (κ2) is 26.4. The summed E-state index contributed by atoms with van der Waals surface area (Å²) in [5.41, 5.74) is 7.20. The summed E-state index contributed by atoms with van der Waals surface area (Å²) in [6.07, 6.45) is 5.19. The molecule has 2 aliphatic heterocycles. The van der Waals surface area contributed by atoms with Crippen molar-refractivity contribution >= 4 is 97.0 Å². The molecule has 0 amide bonds. The molecule has 20 nitrogen and oxygen atoms in total. The van der Waals surface area contributed by atoms with E-state index in [1.807, 2.05) is 55.3 Å². The number of hydrogen-bond acceptors (Lipinski definition) is 19. The topological polar surface area (TPSA) is 230 Å². The molecule has 2 saturated heterocycles. The SMILES string of the molecule is C.C.CCS(=O)(=O)Cl.CCc1nn2ccc(N3CCN(S(=O)(=O)CC)CC3)nc2c1N(C)c1nc(-c2ccc(F)cc2)c(C#N)s1.CCc1nn2ccc(N3CCNCC3)nc2c1N(C)c1nc(-c2ccc(F)cc2)c(C#N)s1. The minimum absolute atomic E-state index is 0. The molecule has 6 aromatic heterocycles. The number of benzene rings is 2. The van der Waals surface area contributed by atoms with Gasteiger partial charge in [0.2, 0.25) is 19.1 Å². The lowest BCUT2D eigenvalue weighted by Crippen LogP contribution is -2.49. The number of nitrogens with one attached hydrogen (secondary N) is 1. The number of aryl methyl sites for hydroxylation is 2. The first-order valence-electron chi connectivity index (χ1n) is 24.6. The third-order valence-corrected chi connectivity index (χ3v) is 18.0. The highest BCUT2D eigenvalue weighted by molar-refractivity contribution is 8.13. The molecule has 2 fully saturated rings. The van der Waals surface area contributed by atoms with Crippen molar-refractivity contribution in [1.29, 1.82) is 10.5 Å². The van der Waals surface area contributed by atoms with Gasteiger partial charge in [-0.2, -0.15) is 25.0 Å². The predicted octanol–water partition coefficient (Wildman–Crippen LogP) is 9.12. The quantitative estimate of drug-likeness (QED) is 0.106. The molecule has 0 atom stereocenters. The summed E-state index contributed by atoms with van der Waals surface area (Å²) in [6, 6.07) is 20.3. The van der Waals surface area contributed by atoms with Crippen LogP contribution in [0.15, 0.2) is 73.1 Å². The molecule has 0 radical (unpaired) electrons. The summed E-state index contributed by atoms with van der Waals surface area (Å²) < 4.78 is 75.9. The van der Waals surface area contributed by atoms with Crippen LogP contribution < -0.4 is 24.9 Å². The van der Waals surface area contributed by atoms with Crippen molar-refractivity contribution in [2.75, 3.05) is 97.6 Å². The van der Waals surface area contributed by atoms with E-state index in [-0.39, 0.29) is 38.0 Å². The van der Waals surface area contributed by atoms with Crippen LogP contribution in [0, 0.1) is 34.3 Å². The minimum Gasteiger partial charge on any atom is -0.354 e. The van der Waals surface area contributed by atoms with E-state index < -0.39 is 19.1 Å². The Balaban J connectivity index is 0.000000228. The molecule has 1 N–H and O–H groups in total. The fourth-order valence-electron chi connectivity index (χ4n) is 8.55.